The Morgan fingerprint density at radius 2 is 1.41 bits per heavy atom. The fraction of sp³-hybridized carbons (Fsp3) is 0.256. The number of amides is 2. The number of nitrogens with one attached hydrogen (secondary N) is 1. The highest BCUT2D eigenvalue weighted by atomic mass is 16.4. The maximum absolute atomic E-state index is 15.0. The summed E-state index contributed by atoms with van der Waals surface area (Å²) in [7, 11) is 1.62. The second kappa shape index (κ2) is 12.7. The molecule has 1 aromatic heterocycles. The molecular weight excluding hydrogens is 574 g/mol. The Hall–Kier alpha value is -5.17. The third kappa shape index (κ3) is 5.81. The zero-order chi connectivity index (χ0) is 32.5. The van der Waals surface area contributed by atoms with Gasteiger partial charge in [-0.2, -0.15) is 0 Å². The van der Waals surface area contributed by atoms with Crippen LogP contribution in [0.1, 0.15) is 62.3 Å². The molecule has 1 heterocycles. The first-order valence-corrected chi connectivity index (χ1v) is 15.7. The van der Waals surface area contributed by atoms with Crippen molar-refractivity contribution in [2.75, 3.05) is 7.05 Å². The van der Waals surface area contributed by atoms with Crippen LogP contribution in [0.25, 0.3) is 10.9 Å². The van der Waals surface area contributed by atoms with Crippen LogP contribution in [0.5, 0.6) is 0 Å². The number of benzene rings is 4. The minimum Gasteiger partial charge on any atom is -0.480 e. The number of para-hydroxylation sites is 1. The minimum atomic E-state index is -1.22. The fourth-order valence-electron chi connectivity index (χ4n) is 6.93. The van der Waals surface area contributed by atoms with E-state index in [0.29, 0.717) is 5.56 Å². The summed E-state index contributed by atoms with van der Waals surface area (Å²) in [5.74, 6) is -1.82. The van der Waals surface area contributed by atoms with E-state index in [4.69, 9.17) is 0 Å². The average Bonchev–Trinajstić information content (AvgIpc) is 3.38. The van der Waals surface area contributed by atoms with E-state index in [9.17, 15) is 19.5 Å². The largest absolute Gasteiger partial charge is 0.480 e. The molecule has 7 nitrogen and oxygen atoms in total. The molecule has 0 fully saturated rings. The molecule has 7 heteroatoms. The number of aryl methyl sites for hydroxylation is 4. The lowest BCUT2D eigenvalue weighted by Gasteiger charge is -2.40. The van der Waals surface area contributed by atoms with Crippen molar-refractivity contribution in [1.82, 2.24) is 14.8 Å². The first kappa shape index (κ1) is 30.8. The number of likely N-dealkylation sites (N-methyl/N-ethyl adjacent to an activating group) is 1. The van der Waals surface area contributed by atoms with Crippen molar-refractivity contribution in [1.29, 1.82) is 0 Å². The smallest absolute Gasteiger partial charge is 0.326 e. The van der Waals surface area contributed by atoms with E-state index in [2.05, 4.69) is 17.1 Å². The number of H-pyrrole nitrogens is 1. The standard InChI is InChI=1S/C39H39N3O4/c1-24-19-25(2)21-29(20-24)38(44)41(4)26(3)37(43)42(35(39(45)46)22-30-23-40-34-16-10-9-13-31(30)34)36-32-14-7-5-11-27(32)17-18-28-12-6-8-15-33(28)36/h5-16,19-21,23,26,35-36,40H,17-18,22H2,1-4H3,(H,45,46)/t26-,35-/m0/s1. The first-order chi connectivity index (χ1) is 22.1. The van der Waals surface area contributed by atoms with Crippen molar-refractivity contribution < 1.29 is 19.5 Å². The molecule has 2 N–H and O–H groups in total. The molecule has 4 aromatic carbocycles. The highest BCUT2D eigenvalue weighted by Crippen LogP contribution is 2.39. The molecule has 2 atom stereocenters. The van der Waals surface area contributed by atoms with Gasteiger partial charge in [0.25, 0.3) is 5.91 Å². The molecule has 1 aliphatic rings. The molecule has 46 heavy (non-hydrogen) atoms. The summed E-state index contributed by atoms with van der Waals surface area (Å²) in [5.41, 5.74) is 8.06. The quantitative estimate of drug-likeness (QED) is 0.205. The van der Waals surface area contributed by atoms with Gasteiger partial charge in [-0.25, -0.2) is 4.79 Å². The van der Waals surface area contributed by atoms with Gasteiger partial charge in [0.15, 0.2) is 0 Å². The monoisotopic (exact) mass is 613 g/mol. The Morgan fingerprint density at radius 1 is 0.848 bits per heavy atom. The van der Waals surface area contributed by atoms with Gasteiger partial charge >= 0.3 is 5.97 Å². The number of hydrogen-bond acceptors (Lipinski definition) is 3. The van der Waals surface area contributed by atoms with Crippen molar-refractivity contribution in [3.8, 4) is 0 Å². The van der Waals surface area contributed by atoms with Crippen molar-refractivity contribution in [3.05, 3.63) is 142 Å². The van der Waals surface area contributed by atoms with Gasteiger partial charge in [-0.1, -0.05) is 83.9 Å². The van der Waals surface area contributed by atoms with Crippen LogP contribution in [0.15, 0.2) is 97.2 Å². The SMILES string of the molecule is Cc1cc(C)cc(C(=O)N(C)[C@@H](C)C(=O)N(C2c3ccccc3CCc3ccccc32)[C@@H](Cc2c[nH]c3ccccc23)C(=O)O)c1. The molecule has 2 amide bonds. The number of aliphatic carboxylic acids is 1. The number of fused-ring (bicyclic) bond motifs is 3. The molecule has 0 bridgehead atoms. The maximum Gasteiger partial charge on any atom is 0.326 e. The number of carboxylic acid groups (broad SMARTS) is 1. The number of aromatic amines is 1. The highest BCUT2D eigenvalue weighted by molar-refractivity contribution is 5.98. The summed E-state index contributed by atoms with van der Waals surface area (Å²) in [4.78, 5) is 48.4. The van der Waals surface area contributed by atoms with Gasteiger partial charge in [0.05, 0.1) is 6.04 Å². The van der Waals surface area contributed by atoms with Gasteiger partial charge in [-0.15, -0.1) is 0 Å². The van der Waals surface area contributed by atoms with Crippen LogP contribution in [0.4, 0.5) is 0 Å². The van der Waals surface area contributed by atoms with Gasteiger partial charge in [0.2, 0.25) is 5.91 Å². The van der Waals surface area contributed by atoms with Crippen LogP contribution in [0, 0.1) is 13.8 Å². The topological polar surface area (TPSA) is 93.7 Å². The third-order valence-electron chi connectivity index (χ3n) is 9.33. The molecule has 0 unspecified atom stereocenters. The van der Waals surface area contributed by atoms with Crippen LogP contribution >= 0.6 is 0 Å². The van der Waals surface area contributed by atoms with Gasteiger partial charge in [-0.05, 0) is 79.6 Å². The molecular formula is C39H39N3O4. The lowest BCUT2D eigenvalue weighted by Crippen LogP contribution is -2.55. The van der Waals surface area contributed by atoms with E-state index in [0.717, 1.165) is 62.7 Å². The van der Waals surface area contributed by atoms with E-state index in [1.165, 1.54) is 4.90 Å². The van der Waals surface area contributed by atoms with Crippen LogP contribution in [-0.4, -0.2) is 56.8 Å². The van der Waals surface area contributed by atoms with Gasteiger partial charge in [0.1, 0.15) is 12.1 Å². The number of carbonyl (C=O) groups excluding carboxylic acids is 2. The van der Waals surface area contributed by atoms with Crippen LogP contribution in [0.3, 0.4) is 0 Å². The number of hydrogen-bond donors (Lipinski definition) is 2. The van der Waals surface area contributed by atoms with E-state index in [1.807, 2.05) is 98.9 Å². The number of nitrogens with zero attached hydrogens (tertiary/aromatic N) is 2. The average molecular weight is 614 g/mol. The summed E-state index contributed by atoms with van der Waals surface area (Å²) in [6, 6.07) is 26.5. The Balaban J connectivity index is 1.50. The van der Waals surface area contributed by atoms with Crippen molar-refractivity contribution in [3.63, 3.8) is 0 Å². The number of aromatic nitrogens is 1. The summed E-state index contributed by atoms with van der Waals surface area (Å²) < 4.78 is 0. The Labute approximate surface area is 269 Å². The molecule has 5 aromatic rings. The van der Waals surface area contributed by atoms with E-state index in [1.54, 1.807) is 18.9 Å². The Morgan fingerprint density at radius 3 is 2.02 bits per heavy atom. The Bertz CT molecular complexity index is 1880. The summed E-state index contributed by atoms with van der Waals surface area (Å²) in [5, 5.41) is 11.9. The maximum atomic E-state index is 15.0. The molecule has 234 valence electrons. The van der Waals surface area contributed by atoms with Crippen molar-refractivity contribution in [2.24, 2.45) is 0 Å². The molecule has 6 rings (SSSR count). The second-order valence-corrected chi connectivity index (χ2v) is 12.4. The molecule has 0 saturated carbocycles. The third-order valence-corrected chi connectivity index (χ3v) is 9.33. The van der Waals surface area contributed by atoms with Gasteiger partial charge in [-0.3, -0.25) is 9.59 Å². The van der Waals surface area contributed by atoms with Gasteiger partial charge < -0.3 is 19.9 Å². The Kier molecular flexibility index (Phi) is 8.50. The van der Waals surface area contributed by atoms with E-state index >= 15 is 0 Å². The lowest BCUT2D eigenvalue weighted by molar-refractivity contribution is -0.153. The van der Waals surface area contributed by atoms with E-state index in [-0.39, 0.29) is 12.3 Å². The fourth-order valence-corrected chi connectivity index (χ4v) is 6.93. The lowest BCUT2D eigenvalue weighted by atomic mass is 9.90. The summed E-state index contributed by atoms with van der Waals surface area (Å²) in [6.45, 7) is 5.56. The molecule has 0 saturated heterocycles. The minimum absolute atomic E-state index is 0.0907. The predicted octanol–water partition coefficient (Wildman–Crippen LogP) is 6.66. The second-order valence-electron chi connectivity index (χ2n) is 12.4. The zero-order valence-corrected chi connectivity index (χ0v) is 26.7. The number of carboxylic acids is 1. The molecule has 0 aliphatic heterocycles. The van der Waals surface area contributed by atoms with Crippen LogP contribution in [0.2, 0.25) is 0 Å². The molecule has 1 aliphatic carbocycles. The van der Waals surface area contributed by atoms with Crippen LogP contribution in [-0.2, 0) is 28.9 Å². The molecule has 0 spiro atoms. The van der Waals surface area contributed by atoms with Gasteiger partial charge in [0, 0.05) is 36.1 Å². The zero-order valence-electron chi connectivity index (χ0n) is 26.7. The van der Waals surface area contributed by atoms with Crippen molar-refractivity contribution >= 4 is 28.7 Å². The summed E-state index contributed by atoms with van der Waals surface area (Å²) >= 11 is 0. The predicted molar refractivity (Wildman–Crippen MR) is 180 cm³/mol. The van der Waals surface area contributed by atoms with Crippen LogP contribution < -0.4 is 0 Å². The van der Waals surface area contributed by atoms with E-state index < -0.39 is 30.0 Å². The summed E-state index contributed by atoms with van der Waals surface area (Å²) in [6.07, 6.45) is 3.46. The normalized spacial score (nSPS) is 14.1. The first-order valence-electron chi connectivity index (χ1n) is 15.7. The number of carbonyl (C=O) groups is 3. The number of rotatable bonds is 8. The molecule has 0 radical (unpaired) electrons. The highest BCUT2D eigenvalue weighted by Gasteiger charge is 2.42. The van der Waals surface area contributed by atoms with Crippen molar-refractivity contribution in [2.45, 2.75) is 58.2 Å².